The molecule has 0 spiro atoms. The molecule has 164 valence electrons. The van der Waals surface area contributed by atoms with Crippen LogP contribution in [0.15, 0.2) is 12.5 Å². The molecular weight excluding hydrogens is 408 g/mol. The molecule has 5 N–H and O–H groups in total. The van der Waals surface area contributed by atoms with Gasteiger partial charge in [0.25, 0.3) is 0 Å². The molecule has 10 nitrogen and oxygen atoms in total. The Bertz CT molecular complexity index is 786. The van der Waals surface area contributed by atoms with Crippen molar-refractivity contribution in [1.29, 1.82) is 0 Å². The Labute approximate surface area is 179 Å². The Balaban J connectivity index is 1.70. The monoisotopic (exact) mass is 436 g/mol. The fourth-order valence-electron chi connectivity index (χ4n) is 3.82. The van der Waals surface area contributed by atoms with Crippen LogP contribution >= 0.6 is 11.8 Å². The number of imidazole rings is 1. The number of nitrogens with one attached hydrogen (secondary N) is 3. The third kappa shape index (κ3) is 5.13. The number of carbonyl (C=O) groups excluding carboxylic acids is 4. The molecule has 2 unspecified atom stereocenters. The van der Waals surface area contributed by atoms with E-state index in [4.69, 9.17) is 5.73 Å². The maximum absolute atomic E-state index is 13.2. The summed E-state index contributed by atoms with van der Waals surface area (Å²) in [5, 5.41) is 5.37. The van der Waals surface area contributed by atoms with E-state index in [1.165, 1.54) is 23.0 Å². The largest absolute Gasteiger partial charge is 0.368 e. The van der Waals surface area contributed by atoms with Crippen molar-refractivity contribution in [3.8, 4) is 0 Å². The molecule has 2 fully saturated rings. The summed E-state index contributed by atoms with van der Waals surface area (Å²) in [5.74, 6) is -1.06. The summed E-state index contributed by atoms with van der Waals surface area (Å²) in [7, 11) is 0. The SMILES string of the molecule is CCCC1SCC(C(=O)N[C@@H](Cc2c[nH]cn2)C(=O)N2CCC[C@H]2C(N)=O)NC1=O. The molecule has 4 amide bonds. The average molecular weight is 437 g/mol. The molecular formula is C19H28N6O4S. The number of thioether (sulfide) groups is 1. The van der Waals surface area contributed by atoms with E-state index in [1.807, 2.05) is 6.92 Å². The minimum absolute atomic E-state index is 0.151. The van der Waals surface area contributed by atoms with E-state index in [0.717, 1.165) is 12.8 Å². The van der Waals surface area contributed by atoms with Gasteiger partial charge in [0.15, 0.2) is 0 Å². The van der Waals surface area contributed by atoms with Gasteiger partial charge in [-0.3, -0.25) is 19.2 Å². The number of H-pyrrole nitrogens is 1. The Morgan fingerprint density at radius 2 is 2.23 bits per heavy atom. The molecule has 2 aliphatic heterocycles. The number of amides is 4. The molecule has 0 aliphatic carbocycles. The molecule has 0 radical (unpaired) electrons. The Kier molecular flexibility index (Phi) is 7.35. The molecule has 1 aromatic rings. The second kappa shape index (κ2) is 9.96. The highest BCUT2D eigenvalue weighted by molar-refractivity contribution is 8.00. The van der Waals surface area contributed by atoms with Crippen LogP contribution < -0.4 is 16.4 Å². The summed E-state index contributed by atoms with van der Waals surface area (Å²) in [5.41, 5.74) is 6.05. The summed E-state index contributed by atoms with van der Waals surface area (Å²) >= 11 is 1.46. The van der Waals surface area contributed by atoms with Crippen molar-refractivity contribution in [2.75, 3.05) is 12.3 Å². The molecule has 11 heteroatoms. The number of hydrogen-bond donors (Lipinski definition) is 4. The number of rotatable bonds is 8. The molecule has 3 rings (SSSR count). The zero-order valence-corrected chi connectivity index (χ0v) is 17.7. The van der Waals surface area contributed by atoms with Crippen LogP contribution in [-0.2, 0) is 25.6 Å². The normalized spacial score (nSPS) is 24.9. The molecule has 2 saturated heterocycles. The van der Waals surface area contributed by atoms with Gasteiger partial charge in [0.05, 0.1) is 17.3 Å². The van der Waals surface area contributed by atoms with Gasteiger partial charge in [-0.05, 0) is 19.3 Å². The zero-order valence-electron chi connectivity index (χ0n) is 16.9. The van der Waals surface area contributed by atoms with Gasteiger partial charge in [-0.15, -0.1) is 11.8 Å². The van der Waals surface area contributed by atoms with Crippen molar-refractivity contribution in [2.45, 2.75) is 62.4 Å². The molecule has 1 aromatic heterocycles. The van der Waals surface area contributed by atoms with Gasteiger partial charge in [0.2, 0.25) is 23.6 Å². The number of nitrogens with two attached hydrogens (primary N) is 1. The van der Waals surface area contributed by atoms with E-state index in [2.05, 4.69) is 20.6 Å². The van der Waals surface area contributed by atoms with E-state index in [1.54, 1.807) is 6.20 Å². The Hall–Kier alpha value is -2.56. The van der Waals surface area contributed by atoms with Crippen LogP contribution in [0.25, 0.3) is 0 Å². The molecule has 2 aliphatic rings. The first-order chi connectivity index (χ1) is 14.4. The molecule has 0 saturated carbocycles. The summed E-state index contributed by atoms with van der Waals surface area (Å²) in [6.45, 7) is 2.42. The van der Waals surface area contributed by atoms with Gasteiger partial charge in [-0.1, -0.05) is 13.3 Å². The van der Waals surface area contributed by atoms with Gasteiger partial charge in [0.1, 0.15) is 18.1 Å². The van der Waals surface area contributed by atoms with E-state index >= 15 is 0 Å². The van der Waals surface area contributed by atoms with Crippen LogP contribution in [0.3, 0.4) is 0 Å². The molecule has 3 heterocycles. The van der Waals surface area contributed by atoms with Gasteiger partial charge < -0.3 is 26.3 Å². The number of nitrogens with zero attached hydrogens (tertiary/aromatic N) is 2. The van der Waals surface area contributed by atoms with Crippen LogP contribution in [0.2, 0.25) is 0 Å². The van der Waals surface area contributed by atoms with Crippen LogP contribution in [0, 0.1) is 0 Å². The summed E-state index contributed by atoms with van der Waals surface area (Å²) in [6, 6.07) is -2.29. The topological polar surface area (TPSA) is 150 Å². The number of aromatic nitrogens is 2. The quantitative estimate of drug-likeness (QED) is 0.424. The van der Waals surface area contributed by atoms with Gasteiger partial charge in [-0.25, -0.2) is 4.98 Å². The maximum atomic E-state index is 13.2. The lowest BCUT2D eigenvalue weighted by molar-refractivity contribution is -0.141. The van der Waals surface area contributed by atoms with Crippen molar-refractivity contribution in [3.63, 3.8) is 0 Å². The first kappa shape index (κ1) is 22.1. The fraction of sp³-hybridized carbons (Fsp3) is 0.632. The van der Waals surface area contributed by atoms with Crippen LogP contribution in [0.1, 0.15) is 38.3 Å². The first-order valence-corrected chi connectivity index (χ1v) is 11.2. The standard InChI is InChI=1S/C19H28N6O4S/c1-2-4-15-18(28)24-13(9-30-15)17(27)23-12(7-11-8-21-10-22-11)19(29)25-6-3-5-14(25)16(20)26/h8,10,12-15H,2-7,9H2,1H3,(H2,20,26)(H,21,22)(H,23,27)(H,24,28)/t12-,13?,14-,15?/m0/s1. The predicted octanol–water partition coefficient (Wildman–Crippen LogP) is -0.686. The molecule has 0 bridgehead atoms. The van der Waals surface area contributed by atoms with Gasteiger partial charge in [0, 0.05) is 24.9 Å². The van der Waals surface area contributed by atoms with Crippen LogP contribution in [0.5, 0.6) is 0 Å². The highest BCUT2D eigenvalue weighted by Crippen LogP contribution is 2.23. The van der Waals surface area contributed by atoms with Crippen molar-refractivity contribution in [3.05, 3.63) is 18.2 Å². The minimum Gasteiger partial charge on any atom is -0.368 e. The lowest BCUT2D eigenvalue weighted by atomic mass is 10.1. The fourth-order valence-corrected chi connectivity index (χ4v) is 5.10. The van der Waals surface area contributed by atoms with Crippen molar-refractivity contribution in [1.82, 2.24) is 25.5 Å². The summed E-state index contributed by atoms with van der Waals surface area (Å²) < 4.78 is 0. The summed E-state index contributed by atoms with van der Waals surface area (Å²) in [4.78, 5) is 58.4. The highest BCUT2D eigenvalue weighted by atomic mass is 32.2. The number of hydrogen-bond acceptors (Lipinski definition) is 6. The van der Waals surface area contributed by atoms with E-state index in [9.17, 15) is 19.2 Å². The lowest BCUT2D eigenvalue weighted by Crippen LogP contribution is -2.59. The second-order valence-electron chi connectivity index (χ2n) is 7.59. The first-order valence-electron chi connectivity index (χ1n) is 10.2. The third-order valence-electron chi connectivity index (χ3n) is 5.39. The Morgan fingerprint density at radius 1 is 1.43 bits per heavy atom. The second-order valence-corrected chi connectivity index (χ2v) is 8.83. The highest BCUT2D eigenvalue weighted by Gasteiger charge is 2.38. The third-order valence-corrected chi connectivity index (χ3v) is 6.77. The molecule has 4 atom stereocenters. The smallest absolute Gasteiger partial charge is 0.246 e. The van der Waals surface area contributed by atoms with Crippen molar-refractivity contribution >= 4 is 35.4 Å². The van der Waals surface area contributed by atoms with E-state index in [-0.39, 0.29) is 23.5 Å². The number of likely N-dealkylation sites (tertiary alicyclic amines) is 1. The maximum Gasteiger partial charge on any atom is 0.246 e. The summed E-state index contributed by atoms with van der Waals surface area (Å²) in [6.07, 6.45) is 6.15. The van der Waals surface area contributed by atoms with Gasteiger partial charge in [-0.2, -0.15) is 0 Å². The van der Waals surface area contributed by atoms with Crippen LogP contribution in [0.4, 0.5) is 0 Å². The van der Waals surface area contributed by atoms with Crippen molar-refractivity contribution in [2.24, 2.45) is 5.73 Å². The number of aromatic amines is 1. The molecule has 0 aromatic carbocycles. The minimum atomic E-state index is -0.906. The van der Waals surface area contributed by atoms with Crippen molar-refractivity contribution < 1.29 is 19.2 Å². The lowest BCUT2D eigenvalue weighted by Gasteiger charge is -2.31. The Morgan fingerprint density at radius 3 is 2.87 bits per heavy atom. The predicted molar refractivity (Wildman–Crippen MR) is 111 cm³/mol. The van der Waals surface area contributed by atoms with Crippen LogP contribution in [-0.4, -0.2) is 74.2 Å². The number of primary amides is 1. The zero-order chi connectivity index (χ0) is 21.7. The average Bonchev–Trinajstić information content (AvgIpc) is 3.40. The van der Waals surface area contributed by atoms with E-state index in [0.29, 0.717) is 30.8 Å². The number of carbonyl (C=O) groups is 4. The molecule has 30 heavy (non-hydrogen) atoms. The van der Waals surface area contributed by atoms with Gasteiger partial charge >= 0.3 is 0 Å². The van der Waals surface area contributed by atoms with E-state index < -0.39 is 29.9 Å².